The molecule has 0 spiro atoms. The number of aliphatic carboxylic acids is 1. The summed E-state index contributed by atoms with van der Waals surface area (Å²) in [7, 11) is -4.68. The van der Waals surface area contributed by atoms with Crippen molar-refractivity contribution in [3.63, 3.8) is 0 Å². The van der Waals surface area contributed by atoms with Gasteiger partial charge >= 0.3 is 7.75 Å². The van der Waals surface area contributed by atoms with Crippen LogP contribution in [-0.2, 0) is 30.3 Å². The van der Waals surface area contributed by atoms with E-state index in [4.69, 9.17) is 14.6 Å². The third-order valence-corrected chi connectivity index (χ3v) is 7.74. The number of β-lactam (4-membered cyclic amide) rings is 1. The van der Waals surface area contributed by atoms with Crippen LogP contribution >= 0.6 is 31.0 Å². The molecule has 4 rings (SSSR count). The minimum absolute atomic E-state index is 0.0783. The molecule has 15 nitrogen and oxygen atoms in total. The maximum atomic E-state index is 13.1. The second-order valence-corrected chi connectivity index (χ2v) is 10.9. The molecule has 2 aliphatic rings. The number of carboxylic acid groups (broad SMARTS) is 1. The van der Waals surface area contributed by atoms with Crippen LogP contribution in [0, 0.1) is 0 Å². The molecule has 4 N–H and O–H groups in total. The van der Waals surface area contributed by atoms with Gasteiger partial charge in [-0.3, -0.25) is 19.6 Å². The number of hydrogen-bond acceptors (Lipinski definition) is 11. The summed E-state index contributed by atoms with van der Waals surface area (Å²) < 4.78 is 16.8. The Morgan fingerprint density at radius 2 is 2.11 bits per heavy atom. The van der Waals surface area contributed by atoms with E-state index in [1.165, 1.54) is 17.8 Å². The molecule has 2 aliphatic heterocycles. The quantitative estimate of drug-likeness (QED) is 0.0447. The van der Waals surface area contributed by atoms with Crippen LogP contribution in [0.25, 0.3) is 0 Å². The number of aromatic nitrogens is 3. The zero-order valence-corrected chi connectivity index (χ0v) is 21.8. The molecule has 200 valence electrons. The topological polar surface area (TPSA) is 210 Å². The highest BCUT2D eigenvalue weighted by atomic mass is 32.2. The van der Waals surface area contributed by atoms with Crippen molar-refractivity contribution < 1.29 is 43.2 Å². The van der Waals surface area contributed by atoms with Gasteiger partial charge in [0.05, 0.1) is 11.7 Å². The summed E-state index contributed by atoms with van der Waals surface area (Å²) in [5, 5.41) is 19.0. The van der Waals surface area contributed by atoms with Gasteiger partial charge in [-0.15, -0.1) is 11.8 Å². The predicted octanol–water partition coefficient (Wildman–Crippen LogP) is -1.66. The summed E-state index contributed by atoms with van der Waals surface area (Å²) in [6.07, 6.45) is 4.89. The van der Waals surface area contributed by atoms with Crippen molar-refractivity contribution in [2.75, 3.05) is 17.4 Å². The molecular formula is C20H20N7O8PS2. The summed E-state index contributed by atoms with van der Waals surface area (Å²) >= 11 is 1.84. The van der Waals surface area contributed by atoms with E-state index in [0.717, 1.165) is 4.90 Å². The molecule has 2 amide bonds. The van der Waals surface area contributed by atoms with Crippen LogP contribution in [0.1, 0.15) is 5.82 Å². The summed E-state index contributed by atoms with van der Waals surface area (Å²) in [5.74, 6) is -3.12. The minimum atomic E-state index is -4.68. The van der Waals surface area contributed by atoms with E-state index < -0.39 is 42.7 Å². The molecule has 1 fully saturated rings. The van der Waals surface area contributed by atoms with E-state index >= 15 is 0 Å². The smallest absolute Gasteiger partial charge is 0.429 e. The Balaban J connectivity index is 1.53. The molecule has 2 aromatic heterocycles. The van der Waals surface area contributed by atoms with Crippen LogP contribution in [0.2, 0.25) is 0 Å². The summed E-state index contributed by atoms with van der Waals surface area (Å²) in [6, 6.07) is 4.31. The Labute approximate surface area is 223 Å². The van der Waals surface area contributed by atoms with Gasteiger partial charge in [-0.25, -0.2) is 9.13 Å². The van der Waals surface area contributed by atoms with E-state index in [2.05, 4.69) is 26.4 Å². The maximum absolute atomic E-state index is 13.1. The van der Waals surface area contributed by atoms with Crippen LogP contribution < -0.4 is 20.1 Å². The van der Waals surface area contributed by atoms with Crippen molar-refractivity contribution >= 4 is 59.7 Å². The lowest BCUT2D eigenvalue weighted by Crippen LogP contribution is -2.71. The molecule has 0 radical (unpaired) electrons. The van der Waals surface area contributed by atoms with E-state index in [1.54, 1.807) is 29.1 Å². The largest absolute Gasteiger partial charge is 0.543 e. The van der Waals surface area contributed by atoms with Crippen molar-refractivity contribution in [1.82, 2.24) is 19.6 Å². The fourth-order valence-electron chi connectivity index (χ4n) is 3.59. The van der Waals surface area contributed by atoms with Gasteiger partial charge in [-0.1, -0.05) is 23.9 Å². The highest BCUT2D eigenvalue weighted by molar-refractivity contribution is 8.00. The standard InChI is InChI=1S/C20H20N7O8PS2/c1-2-8-35-23-12(15-22-20(38-25-15)24-36(32,33)34)16(28)21-13-17(29)27-14(19(30)31)11(10-37-18(13)27)9-26-6-4-3-5-7-26/h2-7,13,18H,1,8-10H2,(H4-,21,22,24,25,28,30,31,32,33,34)/t13?,18-/m1/s1. The third kappa shape index (κ3) is 6.08. The van der Waals surface area contributed by atoms with E-state index in [1.807, 2.05) is 11.2 Å². The molecule has 0 aromatic carbocycles. The van der Waals surface area contributed by atoms with Crippen LogP contribution in [0.15, 0.2) is 59.7 Å². The highest BCUT2D eigenvalue weighted by Gasteiger charge is 2.53. The second-order valence-electron chi connectivity index (χ2n) is 7.75. The zero-order chi connectivity index (χ0) is 27.4. The lowest BCUT2D eigenvalue weighted by Gasteiger charge is -2.50. The minimum Gasteiger partial charge on any atom is -0.543 e. The molecule has 18 heteroatoms. The van der Waals surface area contributed by atoms with Gasteiger partial charge in [0.1, 0.15) is 18.0 Å². The maximum Gasteiger partial charge on any atom is 0.429 e. The Bertz CT molecular complexity index is 1380. The monoisotopic (exact) mass is 581 g/mol. The first kappa shape index (κ1) is 27.4. The predicted molar refractivity (Wildman–Crippen MR) is 132 cm³/mol. The van der Waals surface area contributed by atoms with Crippen molar-refractivity contribution in [2.45, 2.75) is 18.0 Å². The van der Waals surface area contributed by atoms with Gasteiger partial charge in [-0.2, -0.15) is 9.36 Å². The number of pyridine rings is 1. The molecule has 2 atom stereocenters. The van der Waals surface area contributed by atoms with Crippen LogP contribution in [-0.4, -0.2) is 71.3 Å². The van der Waals surface area contributed by atoms with E-state index in [9.17, 15) is 24.1 Å². The fraction of sp³-hybridized carbons (Fsp3) is 0.250. The first-order chi connectivity index (χ1) is 18.1. The second kappa shape index (κ2) is 11.4. The first-order valence-electron chi connectivity index (χ1n) is 10.7. The van der Waals surface area contributed by atoms with Crippen molar-refractivity contribution in [3.05, 3.63) is 60.3 Å². The van der Waals surface area contributed by atoms with Gasteiger partial charge in [0, 0.05) is 35.0 Å². The van der Waals surface area contributed by atoms with Crippen molar-refractivity contribution in [3.8, 4) is 0 Å². The lowest BCUT2D eigenvalue weighted by atomic mass is 10.0. The molecule has 4 heterocycles. The summed E-state index contributed by atoms with van der Waals surface area (Å²) in [5.41, 5.74) is -0.221. The van der Waals surface area contributed by atoms with Gasteiger partial charge in [0.15, 0.2) is 18.9 Å². The molecule has 0 bridgehead atoms. The number of fused-ring (bicyclic) bond motifs is 1. The van der Waals surface area contributed by atoms with Crippen molar-refractivity contribution in [1.29, 1.82) is 0 Å². The van der Waals surface area contributed by atoms with Crippen LogP contribution in [0.5, 0.6) is 0 Å². The highest BCUT2D eigenvalue weighted by Crippen LogP contribution is 2.40. The number of thioether (sulfide) groups is 1. The Hall–Kier alpha value is -3.63. The third-order valence-electron chi connectivity index (χ3n) is 5.12. The van der Waals surface area contributed by atoms with E-state index in [0.29, 0.717) is 17.1 Å². The number of hydrogen-bond donors (Lipinski definition) is 4. The number of anilines is 1. The molecule has 0 aliphatic carbocycles. The normalized spacial score (nSPS) is 19.4. The molecular weight excluding hydrogens is 561 g/mol. The summed E-state index contributed by atoms with van der Waals surface area (Å²) in [4.78, 5) is 66.0. The molecule has 2 aromatic rings. The molecule has 1 unspecified atom stereocenters. The number of carbonyl (C=O) groups is 3. The molecule has 38 heavy (non-hydrogen) atoms. The number of amides is 2. The average Bonchev–Trinajstić information content (AvgIpc) is 3.31. The van der Waals surface area contributed by atoms with Gasteiger partial charge in [0.25, 0.3) is 11.8 Å². The Morgan fingerprint density at radius 1 is 1.37 bits per heavy atom. The number of carbonyl (C=O) groups excluding carboxylic acids is 3. The van der Waals surface area contributed by atoms with Gasteiger partial charge in [0.2, 0.25) is 16.7 Å². The van der Waals surface area contributed by atoms with E-state index in [-0.39, 0.29) is 35.6 Å². The van der Waals surface area contributed by atoms with Gasteiger partial charge < -0.3 is 29.8 Å². The number of nitrogens with zero attached hydrogens (tertiary/aromatic N) is 5. The summed E-state index contributed by atoms with van der Waals surface area (Å²) in [6.45, 7) is 3.63. The van der Waals surface area contributed by atoms with Gasteiger partial charge in [-0.05, 0) is 0 Å². The Morgan fingerprint density at radius 3 is 2.76 bits per heavy atom. The molecule has 1 saturated heterocycles. The van der Waals surface area contributed by atoms with Crippen molar-refractivity contribution in [2.24, 2.45) is 5.16 Å². The lowest BCUT2D eigenvalue weighted by molar-refractivity contribution is -0.689. The number of oxime groups is 1. The SMILES string of the molecule is C=CCON=C(C(=O)NC1C(=O)N2C(C(=O)[O-])=C(C[n+]3ccccc3)CS[C@H]12)c1nsc(NP(=O)(O)O)n1. The molecule has 0 saturated carbocycles. The van der Waals surface area contributed by atoms with Crippen LogP contribution in [0.3, 0.4) is 0 Å². The first-order valence-corrected chi connectivity index (χ1v) is 14.1. The zero-order valence-electron chi connectivity index (χ0n) is 19.3. The number of rotatable bonds is 11. The number of nitrogens with one attached hydrogen (secondary N) is 2. The fourth-order valence-corrected chi connectivity index (χ4v) is 6.17. The average molecular weight is 582 g/mol. The Kier molecular flexibility index (Phi) is 8.23. The number of carboxylic acids is 1. The van der Waals surface area contributed by atoms with Crippen LogP contribution in [0.4, 0.5) is 5.13 Å².